The minimum absolute atomic E-state index is 0.272. The molecule has 1 aromatic rings. The number of ketones is 1. The molecule has 84 valence electrons. The smallest absolute Gasteiger partial charge is 0.142 e. The molecule has 16 heavy (non-hydrogen) atoms. The van der Waals surface area contributed by atoms with Gasteiger partial charge in [-0.2, -0.15) is 0 Å². The van der Waals surface area contributed by atoms with E-state index in [2.05, 4.69) is 23.5 Å². The van der Waals surface area contributed by atoms with Crippen molar-refractivity contribution in [3.8, 4) is 0 Å². The van der Waals surface area contributed by atoms with Crippen LogP contribution in [0.25, 0.3) is 0 Å². The van der Waals surface area contributed by atoms with Crippen molar-refractivity contribution in [1.29, 1.82) is 0 Å². The Kier molecular flexibility index (Phi) is 2.52. The van der Waals surface area contributed by atoms with E-state index in [1.807, 2.05) is 0 Å². The molecule has 1 heterocycles. The van der Waals surface area contributed by atoms with Crippen molar-refractivity contribution in [1.82, 2.24) is 5.32 Å². The Morgan fingerprint density at radius 1 is 1.25 bits per heavy atom. The number of hydrogen-bond donors (Lipinski definition) is 1. The van der Waals surface area contributed by atoms with Crippen LogP contribution in [0, 0.1) is 5.92 Å². The average Bonchev–Trinajstić information content (AvgIpc) is 2.61. The number of hydrogen-bond acceptors (Lipinski definition) is 2. The molecule has 2 heteroatoms. The largest absolute Gasteiger partial charge is 0.315 e. The molecule has 1 fully saturated rings. The standard InChI is InChI=1S/C14H17NO/c16-14(13-8-15-9-13)7-10-4-5-11-2-1-3-12(11)6-10/h4-6,13,15H,1-3,7-9H2. The average molecular weight is 215 g/mol. The number of carbonyl (C=O) groups is 1. The summed E-state index contributed by atoms with van der Waals surface area (Å²) < 4.78 is 0. The van der Waals surface area contributed by atoms with Crippen molar-refractivity contribution < 1.29 is 4.79 Å². The lowest BCUT2D eigenvalue weighted by Crippen LogP contribution is -2.47. The zero-order valence-corrected chi connectivity index (χ0v) is 9.46. The minimum Gasteiger partial charge on any atom is -0.315 e. The number of fused-ring (bicyclic) bond motifs is 1. The van der Waals surface area contributed by atoms with Gasteiger partial charge in [0.25, 0.3) is 0 Å². The third kappa shape index (κ3) is 1.78. The Balaban J connectivity index is 1.72. The molecule has 0 amide bonds. The summed E-state index contributed by atoms with van der Waals surface area (Å²) in [7, 11) is 0. The third-order valence-corrected chi connectivity index (χ3v) is 3.78. The molecule has 0 spiro atoms. The lowest BCUT2D eigenvalue weighted by atomic mass is 9.92. The van der Waals surface area contributed by atoms with Crippen molar-refractivity contribution in [2.45, 2.75) is 25.7 Å². The molecular weight excluding hydrogens is 198 g/mol. The Morgan fingerprint density at radius 2 is 2.06 bits per heavy atom. The van der Waals surface area contributed by atoms with E-state index < -0.39 is 0 Å². The van der Waals surface area contributed by atoms with E-state index in [0.29, 0.717) is 12.2 Å². The Morgan fingerprint density at radius 3 is 2.81 bits per heavy atom. The predicted molar refractivity (Wildman–Crippen MR) is 63.5 cm³/mol. The normalized spacial score (nSPS) is 19.2. The molecule has 0 radical (unpaired) electrons. The molecule has 0 bridgehead atoms. The van der Waals surface area contributed by atoms with Crippen LogP contribution in [0.4, 0.5) is 0 Å². The van der Waals surface area contributed by atoms with Gasteiger partial charge in [-0.1, -0.05) is 18.2 Å². The summed E-state index contributed by atoms with van der Waals surface area (Å²) in [6.07, 6.45) is 4.32. The van der Waals surface area contributed by atoms with Gasteiger partial charge < -0.3 is 5.32 Å². The maximum atomic E-state index is 11.9. The van der Waals surface area contributed by atoms with Crippen LogP contribution >= 0.6 is 0 Å². The highest BCUT2D eigenvalue weighted by atomic mass is 16.1. The van der Waals surface area contributed by atoms with E-state index >= 15 is 0 Å². The van der Waals surface area contributed by atoms with E-state index in [-0.39, 0.29) is 5.92 Å². The van der Waals surface area contributed by atoms with Gasteiger partial charge in [0.15, 0.2) is 0 Å². The molecule has 3 rings (SSSR count). The molecule has 2 aliphatic rings. The number of benzene rings is 1. The minimum atomic E-state index is 0.272. The summed E-state index contributed by atoms with van der Waals surface area (Å²) in [4.78, 5) is 11.9. The maximum absolute atomic E-state index is 11.9. The second kappa shape index (κ2) is 4.02. The Hall–Kier alpha value is -1.15. The lowest BCUT2D eigenvalue weighted by Gasteiger charge is -2.25. The van der Waals surface area contributed by atoms with Crippen molar-refractivity contribution in [3.05, 3.63) is 34.9 Å². The molecule has 1 aliphatic carbocycles. The number of rotatable bonds is 3. The summed E-state index contributed by atoms with van der Waals surface area (Å²) >= 11 is 0. The highest BCUT2D eigenvalue weighted by molar-refractivity contribution is 5.84. The lowest BCUT2D eigenvalue weighted by molar-refractivity contribution is -0.123. The fraction of sp³-hybridized carbons (Fsp3) is 0.500. The summed E-state index contributed by atoms with van der Waals surface area (Å²) in [5, 5.41) is 3.15. The first-order chi connectivity index (χ1) is 7.83. The van der Waals surface area contributed by atoms with Crippen LogP contribution in [0.15, 0.2) is 18.2 Å². The van der Waals surface area contributed by atoms with Gasteiger partial charge in [0, 0.05) is 25.4 Å². The van der Waals surface area contributed by atoms with Gasteiger partial charge >= 0.3 is 0 Å². The first-order valence-corrected chi connectivity index (χ1v) is 6.17. The molecule has 0 atom stereocenters. The van der Waals surface area contributed by atoms with Crippen LogP contribution in [-0.4, -0.2) is 18.9 Å². The first kappa shape index (κ1) is 10.0. The van der Waals surface area contributed by atoms with E-state index in [1.54, 1.807) is 0 Å². The van der Waals surface area contributed by atoms with Crippen molar-refractivity contribution in [3.63, 3.8) is 0 Å². The highest BCUT2D eigenvalue weighted by Crippen LogP contribution is 2.23. The highest BCUT2D eigenvalue weighted by Gasteiger charge is 2.24. The molecule has 0 saturated carbocycles. The fourth-order valence-electron chi connectivity index (χ4n) is 2.60. The zero-order chi connectivity index (χ0) is 11.0. The quantitative estimate of drug-likeness (QED) is 0.828. The van der Waals surface area contributed by atoms with Gasteiger partial charge in [0.2, 0.25) is 0 Å². The number of carbonyl (C=O) groups excluding carboxylic acids is 1. The van der Waals surface area contributed by atoms with Gasteiger partial charge in [-0.15, -0.1) is 0 Å². The molecular formula is C14H17NO. The Bertz CT molecular complexity index is 421. The van der Waals surface area contributed by atoms with E-state index in [9.17, 15) is 4.79 Å². The molecule has 1 aromatic carbocycles. The number of nitrogens with one attached hydrogen (secondary N) is 1. The fourth-order valence-corrected chi connectivity index (χ4v) is 2.60. The van der Waals surface area contributed by atoms with Crippen LogP contribution in [-0.2, 0) is 24.1 Å². The topological polar surface area (TPSA) is 29.1 Å². The van der Waals surface area contributed by atoms with Crippen LogP contribution in [0.3, 0.4) is 0 Å². The second-order valence-corrected chi connectivity index (χ2v) is 4.95. The zero-order valence-electron chi connectivity index (χ0n) is 9.46. The van der Waals surface area contributed by atoms with Crippen LogP contribution in [0.1, 0.15) is 23.1 Å². The van der Waals surface area contributed by atoms with Crippen molar-refractivity contribution in [2.24, 2.45) is 5.92 Å². The second-order valence-electron chi connectivity index (χ2n) is 4.95. The molecule has 0 aromatic heterocycles. The van der Waals surface area contributed by atoms with Gasteiger partial charge in [-0.3, -0.25) is 4.79 Å². The molecule has 1 N–H and O–H groups in total. The van der Waals surface area contributed by atoms with Crippen molar-refractivity contribution >= 4 is 5.78 Å². The van der Waals surface area contributed by atoms with Crippen LogP contribution < -0.4 is 5.32 Å². The van der Waals surface area contributed by atoms with Crippen LogP contribution in [0.2, 0.25) is 0 Å². The maximum Gasteiger partial charge on any atom is 0.142 e. The molecule has 1 aliphatic heterocycles. The summed E-state index contributed by atoms with van der Waals surface area (Å²) in [5.41, 5.74) is 4.16. The van der Waals surface area contributed by atoms with Crippen molar-refractivity contribution in [2.75, 3.05) is 13.1 Å². The first-order valence-electron chi connectivity index (χ1n) is 6.17. The van der Waals surface area contributed by atoms with E-state index in [0.717, 1.165) is 13.1 Å². The molecule has 1 saturated heterocycles. The predicted octanol–water partition coefficient (Wildman–Crippen LogP) is 1.51. The van der Waals surface area contributed by atoms with Crippen LogP contribution in [0.5, 0.6) is 0 Å². The monoisotopic (exact) mass is 215 g/mol. The van der Waals surface area contributed by atoms with E-state index in [4.69, 9.17) is 0 Å². The third-order valence-electron chi connectivity index (χ3n) is 3.78. The summed E-state index contributed by atoms with van der Waals surface area (Å²) in [5.74, 6) is 0.671. The molecule has 2 nitrogen and oxygen atoms in total. The van der Waals surface area contributed by atoms with Gasteiger partial charge in [0.1, 0.15) is 5.78 Å². The van der Waals surface area contributed by atoms with Gasteiger partial charge in [-0.25, -0.2) is 0 Å². The van der Waals surface area contributed by atoms with E-state index in [1.165, 1.54) is 36.0 Å². The summed E-state index contributed by atoms with van der Waals surface area (Å²) in [6, 6.07) is 6.59. The summed E-state index contributed by atoms with van der Waals surface area (Å²) in [6.45, 7) is 1.76. The number of aryl methyl sites for hydroxylation is 2. The Labute approximate surface area is 96.1 Å². The van der Waals surface area contributed by atoms with Gasteiger partial charge in [0.05, 0.1) is 0 Å². The van der Waals surface area contributed by atoms with Gasteiger partial charge in [-0.05, 0) is 36.0 Å². The molecule has 0 unspecified atom stereocenters. The SMILES string of the molecule is O=C(Cc1ccc2c(c1)CCC2)C1CNC1. The number of Topliss-reactive ketones (excluding diaryl/α,β-unsaturated/α-hetero) is 1.